The number of benzene rings is 2. The molecule has 1 heterocycles. The summed E-state index contributed by atoms with van der Waals surface area (Å²) in [6.45, 7) is 2.18. The summed E-state index contributed by atoms with van der Waals surface area (Å²) in [5.74, 6) is -0.271. The van der Waals surface area contributed by atoms with Crippen LogP contribution in [0.15, 0.2) is 42.5 Å². The van der Waals surface area contributed by atoms with Crippen LogP contribution in [0.1, 0.15) is 35.7 Å². The number of fused-ring (bicyclic) bond motifs is 1. The van der Waals surface area contributed by atoms with Gasteiger partial charge in [-0.3, -0.25) is 10.1 Å². The lowest BCUT2D eigenvalue weighted by atomic mass is 10.1. The van der Waals surface area contributed by atoms with E-state index in [0.29, 0.717) is 11.1 Å². The number of aryl methyl sites for hydroxylation is 1. The molecule has 0 aliphatic heterocycles. The maximum atomic E-state index is 12.3. The molecular weight excluding hydrogens is 352 g/mol. The van der Waals surface area contributed by atoms with Gasteiger partial charge in [0.05, 0.1) is 11.7 Å². The SMILES string of the molecule is CCCCc1ccc(NC(=S)NC(=O)c2ccc3nsnc3c2)cc1. The number of carbonyl (C=O) groups excluding carboxylic acids is 1. The lowest BCUT2D eigenvalue weighted by Gasteiger charge is -2.10. The molecule has 7 heteroatoms. The Bertz CT molecular complexity index is 889. The van der Waals surface area contributed by atoms with Crippen LogP contribution in [0.25, 0.3) is 11.0 Å². The zero-order valence-corrected chi connectivity index (χ0v) is 15.4. The zero-order chi connectivity index (χ0) is 17.6. The third-order valence-electron chi connectivity index (χ3n) is 3.77. The summed E-state index contributed by atoms with van der Waals surface area (Å²) < 4.78 is 8.26. The van der Waals surface area contributed by atoms with Gasteiger partial charge in [-0.25, -0.2) is 0 Å². The van der Waals surface area contributed by atoms with E-state index in [2.05, 4.69) is 38.4 Å². The normalized spacial score (nSPS) is 10.6. The highest BCUT2D eigenvalue weighted by molar-refractivity contribution is 7.80. The van der Waals surface area contributed by atoms with Crippen molar-refractivity contribution >= 4 is 51.7 Å². The number of hydrogen-bond donors (Lipinski definition) is 2. The molecule has 2 aromatic carbocycles. The van der Waals surface area contributed by atoms with E-state index < -0.39 is 0 Å². The number of nitrogens with zero attached hydrogens (tertiary/aromatic N) is 2. The number of rotatable bonds is 5. The molecule has 25 heavy (non-hydrogen) atoms. The standard InChI is InChI=1S/C18H18N4OS2/c1-2-3-4-12-5-8-14(9-6-12)19-18(24)20-17(23)13-7-10-15-16(11-13)22-25-21-15/h5-11H,2-4H2,1H3,(H2,19,20,23,24). The summed E-state index contributed by atoms with van der Waals surface area (Å²) in [5, 5.41) is 5.99. The zero-order valence-electron chi connectivity index (χ0n) is 13.8. The van der Waals surface area contributed by atoms with Gasteiger partial charge in [0, 0.05) is 11.3 Å². The molecule has 0 atom stereocenters. The van der Waals surface area contributed by atoms with E-state index in [1.807, 2.05) is 12.1 Å². The van der Waals surface area contributed by atoms with Crippen LogP contribution in [-0.2, 0) is 6.42 Å². The molecule has 0 saturated carbocycles. The summed E-state index contributed by atoms with van der Waals surface area (Å²) in [4.78, 5) is 12.3. The molecule has 5 nitrogen and oxygen atoms in total. The molecule has 0 fully saturated rings. The highest BCUT2D eigenvalue weighted by atomic mass is 32.1. The average molecular weight is 371 g/mol. The summed E-state index contributed by atoms with van der Waals surface area (Å²) in [6, 6.07) is 13.3. The van der Waals surface area contributed by atoms with Crippen molar-refractivity contribution in [3.63, 3.8) is 0 Å². The molecule has 128 valence electrons. The van der Waals surface area contributed by atoms with Gasteiger partial charge < -0.3 is 5.32 Å². The van der Waals surface area contributed by atoms with Crippen LogP contribution in [0.5, 0.6) is 0 Å². The molecule has 0 spiro atoms. The molecule has 0 aliphatic carbocycles. The van der Waals surface area contributed by atoms with Gasteiger partial charge in [0.2, 0.25) is 0 Å². The van der Waals surface area contributed by atoms with Crippen molar-refractivity contribution in [3.05, 3.63) is 53.6 Å². The van der Waals surface area contributed by atoms with E-state index in [1.54, 1.807) is 18.2 Å². The predicted molar refractivity (Wildman–Crippen MR) is 106 cm³/mol. The van der Waals surface area contributed by atoms with Crippen LogP contribution in [0.2, 0.25) is 0 Å². The Labute approximate surface area is 155 Å². The molecular formula is C18H18N4OS2. The molecule has 2 N–H and O–H groups in total. The van der Waals surface area contributed by atoms with Crippen molar-refractivity contribution in [2.45, 2.75) is 26.2 Å². The van der Waals surface area contributed by atoms with E-state index in [-0.39, 0.29) is 11.0 Å². The minimum absolute atomic E-state index is 0.266. The Kier molecular flexibility index (Phi) is 5.67. The summed E-state index contributed by atoms with van der Waals surface area (Å²) in [7, 11) is 0. The lowest BCUT2D eigenvalue weighted by molar-refractivity contribution is 0.0978. The summed E-state index contributed by atoms with van der Waals surface area (Å²) in [5.41, 5.74) is 4.14. The average Bonchev–Trinajstić information content (AvgIpc) is 3.08. The lowest BCUT2D eigenvalue weighted by Crippen LogP contribution is -2.34. The number of carbonyl (C=O) groups is 1. The fourth-order valence-corrected chi connectivity index (χ4v) is 3.12. The maximum absolute atomic E-state index is 12.3. The number of aromatic nitrogens is 2. The van der Waals surface area contributed by atoms with Crippen LogP contribution < -0.4 is 10.6 Å². The number of thiocarbonyl (C=S) groups is 1. The van der Waals surface area contributed by atoms with Gasteiger partial charge in [-0.05, 0) is 61.0 Å². The van der Waals surface area contributed by atoms with Gasteiger partial charge in [-0.15, -0.1) is 0 Å². The Morgan fingerprint density at radius 2 is 1.88 bits per heavy atom. The van der Waals surface area contributed by atoms with Gasteiger partial charge in [-0.2, -0.15) is 8.75 Å². The van der Waals surface area contributed by atoms with E-state index in [4.69, 9.17) is 12.2 Å². The first-order valence-electron chi connectivity index (χ1n) is 8.09. The van der Waals surface area contributed by atoms with E-state index in [9.17, 15) is 4.79 Å². The minimum Gasteiger partial charge on any atom is -0.332 e. The quantitative estimate of drug-likeness (QED) is 0.660. The first-order chi connectivity index (χ1) is 12.2. The van der Waals surface area contributed by atoms with Crippen LogP contribution in [-0.4, -0.2) is 19.8 Å². The molecule has 0 aliphatic rings. The second-order valence-electron chi connectivity index (χ2n) is 5.68. The smallest absolute Gasteiger partial charge is 0.257 e. The molecule has 0 radical (unpaired) electrons. The third kappa shape index (κ3) is 4.58. The van der Waals surface area contributed by atoms with Gasteiger partial charge >= 0.3 is 0 Å². The second kappa shape index (κ2) is 8.13. The Balaban J connectivity index is 1.58. The first kappa shape index (κ1) is 17.4. The van der Waals surface area contributed by atoms with E-state index in [1.165, 1.54) is 18.4 Å². The van der Waals surface area contributed by atoms with E-state index >= 15 is 0 Å². The van der Waals surface area contributed by atoms with Crippen LogP contribution >= 0.6 is 23.9 Å². The molecule has 0 bridgehead atoms. The highest BCUT2D eigenvalue weighted by Crippen LogP contribution is 2.14. The molecule has 0 saturated heterocycles. The number of nitrogens with one attached hydrogen (secondary N) is 2. The van der Waals surface area contributed by atoms with Crippen molar-refractivity contribution in [2.24, 2.45) is 0 Å². The first-order valence-corrected chi connectivity index (χ1v) is 9.23. The number of unbranched alkanes of at least 4 members (excludes halogenated alkanes) is 1. The Morgan fingerprint density at radius 3 is 2.64 bits per heavy atom. The monoisotopic (exact) mass is 370 g/mol. The molecule has 3 rings (SSSR count). The molecule has 0 unspecified atom stereocenters. The molecule has 3 aromatic rings. The third-order valence-corrected chi connectivity index (χ3v) is 4.53. The minimum atomic E-state index is -0.271. The number of hydrogen-bond acceptors (Lipinski definition) is 5. The molecule has 1 amide bonds. The largest absolute Gasteiger partial charge is 0.332 e. The fourth-order valence-electron chi connectivity index (χ4n) is 2.40. The Hall–Kier alpha value is -2.38. The van der Waals surface area contributed by atoms with Crippen molar-refractivity contribution in [2.75, 3.05) is 5.32 Å². The van der Waals surface area contributed by atoms with Crippen molar-refractivity contribution < 1.29 is 4.79 Å². The number of anilines is 1. The van der Waals surface area contributed by atoms with Crippen molar-refractivity contribution in [1.82, 2.24) is 14.1 Å². The molecule has 1 aromatic heterocycles. The van der Waals surface area contributed by atoms with Gasteiger partial charge in [0.25, 0.3) is 5.91 Å². The van der Waals surface area contributed by atoms with Crippen LogP contribution in [0.3, 0.4) is 0 Å². The van der Waals surface area contributed by atoms with Gasteiger partial charge in [0.1, 0.15) is 11.0 Å². The maximum Gasteiger partial charge on any atom is 0.257 e. The van der Waals surface area contributed by atoms with Crippen LogP contribution in [0.4, 0.5) is 5.69 Å². The highest BCUT2D eigenvalue weighted by Gasteiger charge is 2.10. The topological polar surface area (TPSA) is 66.9 Å². The van der Waals surface area contributed by atoms with Gasteiger partial charge in [-0.1, -0.05) is 25.5 Å². The van der Waals surface area contributed by atoms with Crippen LogP contribution in [0, 0.1) is 0 Å². The van der Waals surface area contributed by atoms with Gasteiger partial charge in [0.15, 0.2) is 5.11 Å². The predicted octanol–water partition coefficient (Wildman–Crippen LogP) is 4.16. The summed E-state index contributed by atoms with van der Waals surface area (Å²) >= 11 is 6.35. The van der Waals surface area contributed by atoms with E-state index in [0.717, 1.165) is 29.4 Å². The van der Waals surface area contributed by atoms with Crippen molar-refractivity contribution in [3.8, 4) is 0 Å². The second-order valence-corrected chi connectivity index (χ2v) is 6.61. The number of amides is 1. The Morgan fingerprint density at radius 1 is 1.12 bits per heavy atom. The summed E-state index contributed by atoms with van der Waals surface area (Å²) in [6.07, 6.45) is 3.44. The van der Waals surface area contributed by atoms with Crippen molar-refractivity contribution in [1.29, 1.82) is 0 Å². The fraction of sp³-hybridized carbons (Fsp3) is 0.222.